The van der Waals surface area contributed by atoms with Crippen LogP contribution in [-0.2, 0) is 6.61 Å². The lowest BCUT2D eigenvalue weighted by Crippen LogP contribution is -1.92. The fraction of sp³-hybridized carbons (Fsp3) is 0.0769. The summed E-state index contributed by atoms with van der Waals surface area (Å²) in [7, 11) is 0. The van der Waals surface area contributed by atoms with Crippen LogP contribution in [0.5, 0.6) is 11.5 Å². The summed E-state index contributed by atoms with van der Waals surface area (Å²) in [5.74, 6) is 0.675. The number of aliphatic hydroxyl groups is 1. The van der Waals surface area contributed by atoms with Crippen LogP contribution in [0, 0.1) is 5.82 Å². The molecule has 0 atom stereocenters. The Kier molecular flexibility index (Phi) is 4.37. The van der Waals surface area contributed by atoms with Gasteiger partial charge in [0.1, 0.15) is 17.3 Å². The van der Waals surface area contributed by atoms with E-state index < -0.39 is 0 Å². The lowest BCUT2D eigenvalue weighted by Gasteiger charge is -2.11. The molecule has 0 bridgehead atoms. The Labute approximate surface area is 121 Å². The van der Waals surface area contributed by atoms with Crippen LogP contribution in [0.1, 0.15) is 5.56 Å². The number of ether oxygens (including phenoxy) is 1. The number of hydrogen-bond donors (Lipinski definition) is 1. The van der Waals surface area contributed by atoms with Crippen LogP contribution < -0.4 is 4.74 Å². The van der Waals surface area contributed by atoms with E-state index in [2.05, 4.69) is 31.9 Å². The quantitative estimate of drug-likeness (QED) is 0.847. The monoisotopic (exact) mass is 374 g/mol. The third-order valence-electron chi connectivity index (χ3n) is 2.31. The van der Waals surface area contributed by atoms with Gasteiger partial charge in [0.2, 0.25) is 0 Å². The van der Waals surface area contributed by atoms with Gasteiger partial charge in [-0.1, -0.05) is 22.0 Å². The first kappa shape index (κ1) is 13.5. The second-order valence-corrected chi connectivity index (χ2v) is 5.36. The van der Waals surface area contributed by atoms with Gasteiger partial charge in [-0.2, -0.15) is 0 Å². The van der Waals surface area contributed by atoms with E-state index in [0.29, 0.717) is 21.5 Å². The number of aliphatic hydroxyl groups excluding tert-OH is 1. The zero-order valence-corrected chi connectivity index (χ0v) is 12.3. The van der Waals surface area contributed by atoms with Crippen molar-refractivity contribution in [3.05, 3.63) is 56.7 Å². The highest BCUT2D eigenvalue weighted by Gasteiger charge is 2.08. The van der Waals surface area contributed by atoms with Crippen molar-refractivity contribution in [2.75, 3.05) is 0 Å². The van der Waals surface area contributed by atoms with Crippen molar-refractivity contribution in [2.24, 2.45) is 0 Å². The van der Waals surface area contributed by atoms with E-state index in [4.69, 9.17) is 4.74 Å². The maximum atomic E-state index is 13.0. The average Bonchev–Trinajstić information content (AvgIpc) is 2.33. The van der Waals surface area contributed by atoms with Gasteiger partial charge in [-0.3, -0.25) is 0 Å². The van der Waals surface area contributed by atoms with E-state index in [1.807, 2.05) is 6.07 Å². The van der Waals surface area contributed by atoms with Gasteiger partial charge in [0.05, 0.1) is 11.1 Å². The summed E-state index contributed by atoms with van der Waals surface area (Å²) in [6.45, 7) is -0.124. The van der Waals surface area contributed by atoms with Crippen molar-refractivity contribution in [1.29, 1.82) is 0 Å². The van der Waals surface area contributed by atoms with E-state index in [-0.39, 0.29) is 12.4 Å². The molecule has 0 saturated carbocycles. The van der Waals surface area contributed by atoms with Gasteiger partial charge in [0.25, 0.3) is 0 Å². The highest BCUT2D eigenvalue weighted by molar-refractivity contribution is 9.10. The van der Waals surface area contributed by atoms with Crippen LogP contribution in [0.25, 0.3) is 0 Å². The van der Waals surface area contributed by atoms with Crippen LogP contribution in [0.3, 0.4) is 0 Å². The molecule has 0 aromatic heterocycles. The van der Waals surface area contributed by atoms with Crippen molar-refractivity contribution in [2.45, 2.75) is 6.61 Å². The molecule has 0 aliphatic rings. The van der Waals surface area contributed by atoms with Crippen molar-refractivity contribution in [3.8, 4) is 11.5 Å². The largest absolute Gasteiger partial charge is 0.456 e. The molecule has 0 spiro atoms. The van der Waals surface area contributed by atoms with E-state index in [0.717, 1.165) is 4.47 Å². The Morgan fingerprint density at radius 1 is 1.06 bits per heavy atom. The smallest absolute Gasteiger partial charge is 0.141 e. The molecule has 0 amide bonds. The molecule has 0 heterocycles. The van der Waals surface area contributed by atoms with E-state index >= 15 is 0 Å². The van der Waals surface area contributed by atoms with Gasteiger partial charge in [-0.05, 0) is 46.3 Å². The second-order valence-electron chi connectivity index (χ2n) is 3.59. The number of halogens is 3. The summed E-state index contributed by atoms with van der Waals surface area (Å²) >= 11 is 6.57. The van der Waals surface area contributed by atoms with Crippen molar-refractivity contribution in [3.63, 3.8) is 0 Å². The second kappa shape index (κ2) is 5.82. The summed E-state index contributed by atoms with van der Waals surface area (Å²) in [6, 6.07) is 9.50. The van der Waals surface area contributed by atoms with E-state index in [9.17, 15) is 9.50 Å². The highest BCUT2D eigenvalue weighted by atomic mass is 79.9. The number of rotatable bonds is 3. The molecule has 0 fully saturated rings. The molecular formula is C13H9Br2FO2. The Balaban J connectivity index is 2.36. The maximum absolute atomic E-state index is 13.0. The summed E-state index contributed by atoms with van der Waals surface area (Å²) in [5.41, 5.74) is 0.662. The average molecular weight is 376 g/mol. The molecule has 2 aromatic carbocycles. The Morgan fingerprint density at radius 3 is 2.50 bits per heavy atom. The predicted molar refractivity (Wildman–Crippen MR) is 74.2 cm³/mol. The molecule has 1 N–H and O–H groups in total. The summed E-state index contributed by atoms with van der Waals surface area (Å²) in [6.07, 6.45) is 0. The van der Waals surface area contributed by atoms with Gasteiger partial charge in [-0.15, -0.1) is 0 Å². The van der Waals surface area contributed by atoms with Crippen molar-refractivity contribution >= 4 is 31.9 Å². The van der Waals surface area contributed by atoms with Gasteiger partial charge in [-0.25, -0.2) is 4.39 Å². The molecule has 18 heavy (non-hydrogen) atoms. The molecule has 94 valence electrons. The molecule has 2 nitrogen and oxygen atoms in total. The molecule has 2 rings (SSSR count). The van der Waals surface area contributed by atoms with Gasteiger partial charge in [0.15, 0.2) is 0 Å². The zero-order valence-electron chi connectivity index (χ0n) is 9.16. The van der Waals surface area contributed by atoms with Crippen LogP contribution in [0.2, 0.25) is 0 Å². The Hall–Kier alpha value is -0.910. The van der Waals surface area contributed by atoms with Gasteiger partial charge >= 0.3 is 0 Å². The van der Waals surface area contributed by atoms with Crippen LogP contribution in [0.4, 0.5) is 4.39 Å². The molecule has 5 heteroatoms. The molecule has 0 unspecified atom stereocenters. The molecular weight excluding hydrogens is 367 g/mol. The molecule has 0 aliphatic heterocycles. The Morgan fingerprint density at radius 2 is 1.83 bits per heavy atom. The third kappa shape index (κ3) is 3.10. The van der Waals surface area contributed by atoms with Crippen molar-refractivity contribution in [1.82, 2.24) is 0 Å². The molecule has 0 saturated heterocycles. The molecule has 2 aromatic rings. The zero-order chi connectivity index (χ0) is 13.1. The summed E-state index contributed by atoms with van der Waals surface area (Å²) in [4.78, 5) is 0. The van der Waals surface area contributed by atoms with Gasteiger partial charge in [0, 0.05) is 10.0 Å². The van der Waals surface area contributed by atoms with E-state index in [1.54, 1.807) is 12.1 Å². The standard InChI is InChI=1S/C13H9Br2FO2/c14-9-2-1-8(7-17)13(5-9)18-12-4-3-10(16)6-11(12)15/h1-6,17H,7H2. The highest BCUT2D eigenvalue weighted by Crippen LogP contribution is 2.33. The number of hydrogen-bond acceptors (Lipinski definition) is 2. The normalized spacial score (nSPS) is 10.4. The van der Waals surface area contributed by atoms with Crippen LogP contribution in [0.15, 0.2) is 45.3 Å². The minimum Gasteiger partial charge on any atom is -0.456 e. The minimum atomic E-state index is -0.342. The molecule has 0 aliphatic carbocycles. The van der Waals surface area contributed by atoms with Crippen LogP contribution in [-0.4, -0.2) is 5.11 Å². The van der Waals surface area contributed by atoms with Crippen LogP contribution >= 0.6 is 31.9 Å². The maximum Gasteiger partial charge on any atom is 0.141 e. The fourth-order valence-corrected chi connectivity index (χ4v) is 2.20. The third-order valence-corrected chi connectivity index (χ3v) is 3.43. The Bertz CT molecular complexity index is 573. The van der Waals surface area contributed by atoms with E-state index in [1.165, 1.54) is 18.2 Å². The predicted octanol–water partition coefficient (Wildman–Crippen LogP) is 4.64. The lowest BCUT2D eigenvalue weighted by atomic mass is 10.2. The molecule has 0 radical (unpaired) electrons. The first-order chi connectivity index (χ1) is 8.60. The minimum absolute atomic E-state index is 0.124. The van der Waals surface area contributed by atoms with Crippen molar-refractivity contribution < 1.29 is 14.2 Å². The number of benzene rings is 2. The van der Waals surface area contributed by atoms with Gasteiger partial charge < -0.3 is 9.84 Å². The summed E-state index contributed by atoms with van der Waals surface area (Å²) < 4.78 is 20.0. The SMILES string of the molecule is OCc1ccc(Br)cc1Oc1ccc(F)cc1Br. The summed E-state index contributed by atoms with van der Waals surface area (Å²) in [5, 5.41) is 9.23. The lowest BCUT2D eigenvalue weighted by molar-refractivity contribution is 0.276. The first-order valence-corrected chi connectivity index (χ1v) is 6.71. The first-order valence-electron chi connectivity index (χ1n) is 5.12. The fourth-order valence-electron chi connectivity index (χ4n) is 1.43. The topological polar surface area (TPSA) is 29.5 Å².